The molecule has 1 amide bonds. The van der Waals surface area contributed by atoms with E-state index < -0.39 is 17.8 Å². The van der Waals surface area contributed by atoms with Gasteiger partial charge in [0.1, 0.15) is 12.7 Å². The maximum atomic E-state index is 11.0. The lowest BCUT2D eigenvalue weighted by atomic mass is 10.3. The molecule has 0 aliphatic rings. The van der Waals surface area contributed by atoms with Gasteiger partial charge in [-0.3, -0.25) is 9.59 Å². The fourth-order valence-electron chi connectivity index (χ4n) is 0.679. The number of hydrogen-bond acceptors (Lipinski definition) is 5. The lowest BCUT2D eigenvalue weighted by molar-refractivity contribution is -0.142. The van der Waals surface area contributed by atoms with E-state index in [0.717, 1.165) is 0 Å². The standard InChI is InChI=1S/C9H11NO5/c1-3-15-9(13)6-10-7(11)4-5-8(12)14-2/h1H,4-6H2,2H3,(H,10,11). The molecule has 0 radical (unpaired) electrons. The second kappa shape index (κ2) is 7.38. The Morgan fingerprint density at radius 1 is 1.27 bits per heavy atom. The van der Waals surface area contributed by atoms with Crippen LogP contribution in [0.15, 0.2) is 0 Å². The maximum absolute atomic E-state index is 11.0. The summed E-state index contributed by atoms with van der Waals surface area (Å²) in [5, 5.41) is 2.23. The highest BCUT2D eigenvalue weighted by Crippen LogP contribution is 1.91. The molecule has 0 rings (SSSR count). The van der Waals surface area contributed by atoms with E-state index in [4.69, 9.17) is 0 Å². The molecule has 0 aliphatic heterocycles. The van der Waals surface area contributed by atoms with Gasteiger partial charge >= 0.3 is 11.9 Å². The molecule has 0 bridgehead atoms. The third-order valence-electron chi connectivity index (χ3n) is 1.39. The summed E-state index contributed by atoms with van der Waals surface area (Å²) in [6.07, 6.45) is 6.28. The van der Waals surface area contributed by atoms with Crippen LogP contribution in [0.2, 0.25) is 0 Å². The SMILES string of the molecule is C#COC(=O)CNC(=O)CCC(=O)OC. The number of amides is 1. The quantitative estimate of drug-likeness (QED) is 0.477. The first kappa shape index (κ1) is 13.0. The monoisotopic (exact) mass is 213 g/mol. The fourth-order valence-corrected chi connectivity index (χ4v) is 0.679. The van der Waals surface area contributed by atoms with Crippen molar-refractivity contribution in [1.29, 1.82) is 0 Å². The topological polar surface area (TPSA) is 81.7 Å². The minimum absolute atomic E-state index is 0.0352. The van der Waals surface area contributed by atoms with Crippen LogP contribution in [0.3, 0.4) is 0 Å². The normalized spacial score (nSPS) is 8.53. The van der Waals surface area contributed by atoms with Crippen LogP contribution >= 0.6 is 0 Å². The molecule has 0 aliphatic carbocycles. The van der Waals surface area contributed by atoms with Gasteiger partial charge in [-0.15, -0.1) is 0 Å². The average molecular weight is 213 g/mol. The van der Waals surface area contributed by atoms with Crippen LogP contribution < -0.4 is 5.32 Å². The minimum atomic E-state index is -0.732. The number of carbonyl (C=O) groups is 3. The van der Waals surface area contributed by atoms with Gasteiger partial charge in [-0.25, -0.2) is 4.79 Å². The van der Waals surface area contributed by atoms with Crippen molar-refractivity contribution in [2.45, 2.75) is 12.8 Å². The highest BCUT2D eigenvalue weighted by atomic mass is 16.5. The largest absolute Gasteiger partial charge is 0.469 e. The van der Waals surface area contributed by atoms with Gasteiger partial charge in [-0.2, -0.15) is 0 Å². The summed E-state index contributed by atoms with van der Waals surface area (Å²) in [5.74, 6) is -1.67. The Balaban J connectivity index is 3.63. The molecule has 0 spiro atoms. The van der Waals surface area contributed by atoms with Crippen molar-refractivity contribution < 1.29 is 23.9 Å². The Labute approximate surface area is 86.9 Å². The first-order valence-electron chi connectivity index (χ1n) is 4.09. The highest BCUT2D eigenvalue weighted by molar-refractivity contribution is 5.84. The Kier molecular flexibility index (Phi) is 6.38. The molecule has 1 N–H and O–H groups in total. The molecule has 0 saturated carbocycles. The lowest BCUT2D eigenvalue weighted by Gasteiger charge is -2.02. The van der Waals surface area contributed by atoms with Gasteiger partial charge in [-0.1, -0.05) is 6.42 Å². The van der Waals surface area contributed by atoms with Crippen LogP contribution in [0.1, 0.15) is 12.8 Å². The summed E-state index contributed by atoms with van der Waals surface area (Å²) in [7, 11) is 1.23. The predicted octanol–water partition coefficient (Wildman–Crippen LogP) is -0.810. The summed E-state index contributed by atoms with van der Waals surface area (Å²) in [6, 6.07) is 0. The van der Waals surface area contributed by atoms with Crippen molar-refractivity contribution >= 4 is 17.8 Å². The molecule has 0 atom stereocenters. The van der Waals surface area contributed by atoms with E-state index in [-0.39, 0.29) is 19.4 Å². The van der Waals surface area contributed by atoms with E-state index in [1.807, 2.05) is 0 Å². The Morgan fingerprint density at radius 2 is 1.93 bits per heavy atom. The van der Waals surface area contributed by atoms with Crippen molar-refractivity contribution in [2.24, 2.45) is 0 Å². The van der Waals surface area contributed by atoms with E-state index in [1.54, 1.807) is 6.11 Å². The van der Waals surface area contributed by atoms with E-state index in [9.17, 15) is 14.4 Å². The zero-order valence-electron chi connectivity index (χ0n) is 8.24. The fraction of sp³-hybridized carbons (Fsp3) is 0.444. The molecule has 82 valence electrons. The van der Waals surface area contributed by atoms with Gasteiger partial charge in [0.15, 0.2) is 0 Å². The van der Waals surface area contributed by atoms with Gasteiger partial charge in [0.2, 0.25) is 5.91 Å². The molecule has 0 aromatic carbocycles. The summed E-state index contributed by atoms with van der Waals surface area (Å²) in [5.41, 5.74) is 0. The first-order valence-corrected chi connectivity index (χ1v) is 4.09. The number of terminal acetylenes is 1. The number of ether oxygens (including phenoxy) is 2. The van der Waals surface area contributed by atoms with Gasteiger partial charge < -0.3 is 14.8 Å². The molecule has 0 aromatic rings. The minimum Gasteiger partial charge on any atom is -0.469 e. The third-order valence-corrected chi connectivity index (χ3v) is 1.39. The number of hydrogen-bond donors (Lipinski definition) is 1. The van der Waals surface area contributed by atoms with Gasteiger partial charge in [0.25, 0.3) is 0 Å². The maximum Gasteiger partial charge on any atom is 0.339 e. The molecule has 6 nitrogen and oxygen atoms in total. The molecular formula is C9H11NO5. The second-order valence-corrected chi connectivity index (χ2v) is 2.44. The molecule has 0 fully saturated rings. The van der Waals surface area contributed by atoms with Crippen molar-refractivity contribution in [1.82, 2.24) is 5.32 Å². The second-order valence-electron chi connectivity index (χ2n) is 2.44. The summed E-state index contributed by atoms with van der Waals surface area (Å²) < 4.78 is 8.45. The number of rotatable bonds is 5. The molecule has 6 heteroatoms. The average Bonchev–Trinajstić information content (AvgIpc) is 2.23. The van der Waals surface area contributed by atoms with Crippen LogP contribution in [-0.4, -0.2) is 31.5 Å². The van der Waals surface area contributed by atoms with Gasteiger partial charge in [-0.05, 0) is 0 Å². The van der Waals surface area contributed by atoms with E-state index >= 15 is 0 Å². The Morgan fingerprint density at radius 3 is 2.47 bits per heavy atom. The predicted molar refractivity (Wildman–Crippen MR) is 49.2 cm³/mol. The van der Waals surface area contributed by atoms with Crippen LogP contribution in [0.5, 0.6) is 0 Å². The zero-order chi connectivity index (χ0) is 11.7. The first-order chi connectivity index (χ1) is 7.10. The summed E-state index contributed by atoms with van der Waals surface area (Å²) >= 11 is 0. The number of methoxy groups -OCH3 is 1. The lowest BCUT2D eigenvalue weighted by Crippen LogP contribution is -2.30. The Bertz CT molecular complexity index is 291. The molecule has 0 aromatic heterocycles. The Hall–Kier alpha value is -2.03. The van der Waals surface area contributed by atoms with Gasteiger partial charge in [0, 0.05) is 6.42 Å². The van der Waals surface area contributed by atoms with Crippen molar-refractivity contribution in [3.05, 3.63) is 0 Å². The van der Waals surface area contributed by atoms with Crippen LogP contribution in [0.25, 0.3) is 0 Å². The molecule has 15 heavy (non-hydrogen) atoms. The summed E-state index contributed by atoms with van der Waals surface area (Å²) in [4.78, 5) is 32.3. The van der Waals surface area contributed by atoms with Crippen molar-refractivity contribution in [2.75, 3.05) is 13.7 Å². The van der Waals surface area contributed by atoms with Crippen molar-refractivity contribution in [3.8, 4) is 12.5 Å². The zero-order valence-corrected chi connectivity index (χ0v) is 8.24. The molecular weight excluding hydrogens is 202 g/mol. The highest BCUT2D eigenvalue weighted by Gasteiger charge is 2.08. The van der Waals surface area contributed by atoms with E-state index in [1.165, 1.54) is 7.11 Å². The van der Waals surface area contributed by atoms with E-state index in [2.05, 4.69) is 21.2 Å². The third kappa shape index (κ3) is 7.07. The van der Waals surface area contributed by atoms with E-state index in [0.29, 0.717) is 0 Å². The van der Waals surface area contributed by atoms with Gasteiger partial charge in [0.05, 0.1) is 13.5 Å². The number of carbonyl (C=O) groups excluding carboxylic acids is 3. The van der Waals surface area contributed by atoms with Crippen LogP contribution in [0.4, 0.5) is 0 Å². The number of nitrogens with one attached hydrogen (secondary N) is 1. The van der Waals surface area contributed by atoms with Crippen molar-refractivity contribution in [3.63, 3.8) is 0 Å². The smallest absolute Gasteiger partial charge is 0.339 e. The molecule has 0 saturated heterocycles. The molecule has 0 heterocycles. The number of esters is 2. The summed E-state index contributed by atoms with van der Waals surface area (Å²) in [6.45, 7) is -0.315. The van der Waals surface area contributed by atoms with Crippen LogP contribution in [0, 0.1) is 12.5 Å². The van der Waals surface area contributed by atoms with Crippen LogP contribution in [-0.2, 0) is 23.9 Å². The molecule has 0 unspecified atom stereocenters.